The van der Waals surface area contributed by atoms with E-state index in [-0.39, 0.29) is 0 Å². The van der Waals surface area contributed by atoms with E-state index in [2.05, 4.69) is 11.9 Å². The van der Waals surface area contributed by atoms with E-state index in [9.17, 15) is 9.90 Å². The molecule has 0 aliphatic carbocycles. The van der Waals surface area contributed by atoms with Crippen LogP contribution in [0.2, 0.25) is 0 Å². The van der Waals surface area contributed by atoms with Gasteiger partial charge in [0.15, 0.2) is 0 Å². The zero-order valence-electron chi connectivity index (χ0n) is 14.6. The molecular formula is C21H25NO3. The monoisotopic (exact) mass is 339 g/mol. The van der Waals surface area contributed by atoms with Gasteiger partial charge >= 0.3 is 5.97 Å². The number of ether oxygens (including phenoxy) is 1. The summed E-state index contributed by atoms with van der Waals surface area (Å²) in [6.45, 7) is 2.34. The molecule has 1 N–H and O–H groups in total. The number of esters is 1. The maximum absolute atomic E-state index is 12.9. The number of aliphatic hydroxyl groups is 1. The van der Waals surface area contributed by atoms with Gasteiger partial charge in [0.2, 0.25) is 5.60 Å². The van der Waals surface area contributed by atoms with Crippen molar-refractivity contribution in [1.82, 2.24) is 4.90 Å². The van der Waals surface area contributed by atoms with Gasteiger partial charge in [0.25, 0.3) is 0 Å². The summed E-state index contributed by atoms with van der Waals surface area (Å²) in [6.07, 6.45) is 2.16. The molecule has 4 nitrogen and oxygen atoms in total. The molecule has 0 bridgehead atoms. The van der Waals surface area contributed by atoms with E-state index < -0.39 is 11.6 Å². The average molecular weight is 339 g/mol. The van der Waals surface area contributed by atoms with Gasteiger partial charge in [0.05, 0.1) is 6.61 Å². The van der Waals surface area contributed by atoms with Gasteiger partial charge in [-0.3, -0.25) is 0 Å². The van der Waals surface area contributed by atoms with Crippen molar-refractivity contribution in [3.8, 4) is 0 Å². The number of piperidine rings is 1. The molecule has 1 unspecified atom stereocenters. The number of nitrogens with zero attached hydrogens (tertiary/aromatic N) is 1. The Labute approximate surface area is 149 Å². The van der Waals surface area contributed by atoms with E-state index in [4.69, 9.17) is 4.74 Å². The van der Waals surface area contributed by atoms with Crippen molar-refractivity contribution in [1.29, 1.82) is 0 Å². The Morgan fingerprint density at radius 2 is 1.68 bits per heavy atom. The Morgan fingerprint density at radius 1 is 1.12 bits per heavy atom. The quantitative estimate of drug-likeness (QED) is 0.851. The summed E-state index contributed by atoms with van der Waals surface area (Å²) in [7, 11) is 2.08. The van der Waals surface area contributed by atoms with Crippen molar-refractivity contribution < 1.29 is 14.6 Å². The number of likely N-dealkylation sites (tertiary alicyclic amines) is 1. The van der Waals surface area contributed by atoms with Crippen LogP contribution in [-0.4, -0.2) is 42.7 Å². The second-order valence-electron chi connectivity index (χ2n) is 6.81. The molecule has 132 valence electrons. The summed E-state index contributed by atoms with van der Waals surface area (Å²) in [5, 5.41) is 11.3. The van der Waals surface area contributed by atoms with Gasteiger partial charge in [-0.25, -0.2) is 4.79 Å². The van der Waals surface area contributed by atoms with Crippen LogP contribution in [0.25, 0.3) is 0 Å². The number of hydrogen-bond acceptors (Lipinski definition) is 4. The first kappa shape index (κ1) is 17.6. The lowest BCUT2D eigenvalue weighted by Gasteiger charge is -2.31. The molecule has 2 aromatic rings. The highest BCUT2D eigenvalue weighted by Gasteiger charge is 2.41. The number of benzene rings is 2. The van der Waals surface area contributed by atoms with Crippen LogP contribution in [0.1, 0.15) is 24.0 Å². The number of carbonyl (C=O) groups is 1. The van der Waals surface area contributed by atoms with Crippen LogP contribution in [-0.2, 0) is 15.1 Å². The molecule has 1 saturated heterocycles. The fraction of sp³-hybridized carbons (Fsp3) is 0.381. The smallest absolute Gasteiger partial charge is 0.347 e. The van der Waals surface area contributed by atoms with Gasteiger partial charge < -0.3 is 14.7 Å². The van der Waals surface area contributed by atoms with E-state index in [0.29, 0.717) is 23.7 Å². The Hall–Kier alpha value is -2.17. The van der Waals surface area contributed by atoms with Crippen molar-refractivity contribution in [2.75, 3.05) is 26.7 Å². The van der Waals surface area contributed by atoms with Gasteiger partial charge in [-0.05, 0) is 37.6 Å². The zero-order valence-corrected chi connectivity index (χ0v) is 14.6. The third-order valence-corrected chi connectivity index (χ3v) is 4.85. The SMILES string of the molecule is CN1CCCC(COC(=O)C(O)(c2ccccc2)c2ccccc2)C1. The van der Waals surface area contributed by atoms with Crippen molar-refractivity contribution in [3.05, 3.63) is 71.8 Å². The topological polar surface area (TPSA) is 49.8 Å². The van der Waals surface area contributed by atoms with E-state index in [0.717, 1.165) is 25.9 Å². The molecule has 1 aliphatic heterocycles. The summed E-state index contributed by atoms with van der Waals surface area (Å²) in [5.74, 6) is -0.295. The van der Waals surface area contributed by atoms with Crippen LogP contribution in [0.15, 0.2) is 60.7 Å². The standard InChI is InChI=1S/C21H25NO3/c1-22-14-8-9-17(15-22)16-25-20(23)21(24,18-10-4-2-5-11-18)19-12-6-3-7-13-19/h2-7,10-13,17,24H,8-9,14-16H2,1H3. The Balaban J connectivity index is 1.81. The van der Waals surface area contributed by atoms with E-state index in [1.807, 2.05) is 36.4 Å². The summed E-state index contributed by atoms with van der Waals surface area (Å²) >= 11 is 0. The molecule has 25 heavy (non-hydrogen) atoms. The van der Waals surface area contributed by atoms with Crippen molar-refractivity contribution >= 4 is 5.97 Å². The highest BCUT2D eigenvalue weighted by atomic mass is 16.5. The molecule has 0 radical (unpaired) electrons. The number of hydrogen-bond donors (Lipinski definition) is 1. The molecular weight excluding hydrogens is 314 g/mol. The highest BCUT2D eigenvalue weighted by Crippen LogP contribution is 2.31. The molecule has 4 heteroatoms. The van der Waals surface area contributed by atoms with Crippen molar-refractivity contribution in [2.45, 2.75) is 18.4 Å². The molecule has 0 saturated carbocycles. The zero-order chi connectivity index (χ0) is 17.7. The van der Waals surface area contributed by atoms with Crippen LogP contribution in [0.3, 0.4) is 0 Å². The van der Waals surface area contributed by atoms with E-state index in [1.165, 1.54) is 0 Å². The van der Waals surface area contributed by atoms with Gasteiger partial charge in [-0.1, -0.05) is 60.7 Å². The third kappa shape index (κ3) is 3.91. The minimum Gasteiger partial charge on any atom is -0.463 e. The van der Waals surface area contributed by atoms with Gasteiger partial charge in [0, 0.05) is 12.5 Å². The molecule has 1 heterocycles. The lowest BCUT2D eigenvalue weighted by molar-refractivity contribution is -0.164. The highest BCUT2D eigenvalue weighted by molar-refractivity contribution is 5.85. The third-order valence-electron chi connectivity index (χ3n) is 4.85. The molecule has 2 aromatic carbocycles. The van der Waals surface area contributed by atoms with Crippen LogP contribution >= 0.6 is 0 Å². The number of carbonyl (C=O) groups excluding carboxylic acids is 1. The fourth-order valence-electron chi connectivity index (χ4n) is 3.47. The van der Waals surface area contributed by atoms with E-state index in [1.54, 1.807) is 24.3 Å². The summed E-state index contributed by atoms with van der Waals surface area (Å²) in [6, 6.07) is 18.0. The van der Waals surface area contributed by atoms with Gasteiger partial charge in [0.1, 0.15) is 0 Å². The predicted octanol–water partition coefficient (Wildman–Crippen LogP) is 2.81. The second kappa shape index (κ2) is 7.81. The lowest BCUT2D eigenvalue weighted by Crippen LogP contribution is -2.41. The molecule has 3 rings (SSSR count). The minimum atomic E-state index is -1.79. The minimum absolute atomic E-state index is 0.318. The van der Waals surface area contributed by atoms with Gasteiger partial charge in [-0.2, -0.15) is 0 Å². The van der Waals surface area contributed by atoms with Crippen LogP contribution in [0, 0.1) is 5.92 Å². The predicted molar refractivity (Wildman–Crippen MR) is 97.1 cm³/mol. The molecule has 0 amide bonds. The molecule has 0 aromatic heterocycles. The Kier molecular flexibility index (Phi) is 5.51. The van der Waals surface area contributed by atoms with Crippen LogP contribution in [0.4, 0.5) is 0 Å². The van der Waals surface area contributed by atoms with Crippen LogP contribution in [0.5, 0.6) is 0 Å². The Morgan fingerprint density at radius 3 is 2.20 bits per heavy atom. The lowest BCUT2D eigenvalue weighted by atomic mass is 9.86. The van der Waals surface area contributed by atoms with Gasteiger partial charge in [-0.15, -0.1) is 0 Å². The van der Waals surface area contributed by atoms with Crippen LogP contribution < -0.4 is 0 Å². The fourth-order valence-corrected chi connectivity index (χ4v) is 3.47. The maximum atomic E-state index is 12.9. The van der Waals surface area contributed by atoms with Crippen molar-refractivity contribution in [3.63, 3.8) is 0 Å². The van der Waals surface area contributed by atoms with Crippen molar-refractivity contribution in [2.24, 2.45) is 5.92 Å². The first-order valence-corrected chi connectivity index (χ1v) is 8.80. The normalized spacial score (nSPS) is 18.7. The first-order chi connectivity index (χ1) is 12.1. The van der Waals surface area contributed by atoms with E-state index >= 15 is 0 Å². The molecule has 1 aliphatic rings. The Bertz CT molecular complexity index is 647. The molecule has 1 fully saturated rings. The summed E-state index contributed by atoms with van der Waals surface area (Å²) in [4.78, 5) is 15.2. The maximum Gasteiger partial charge on any atom is 0.347 e. The molecule has 0 spiro atoms. The first-order valence-electron chi connectivity index (χ1n) is 8.80. The molecule has 1 atom stereocenters. The largest absolute Gasteiger partial charge is 0.463 e. The average Bonchev–Trinajstić information content (AvgIpc) is 2.67. The second-order valence-corrected chi connectivity index (χ2v) is 6.81. The summed E-state index contributed by atoms with van der Waals surface area (Å²) in [5.41, 5.74) is -0.748. The summed E-state index contributed by atoms with van der Waals surface area (Å²) < 4.78 is 5.59. The number of rotatable bonds is 5.